The Bertz CT molecular complexity index is 685. The monoisotopic (exact) mass is 240 g/mol. The summed E-state index contributed by atoms with van der Waals surface area (Å²) in [5.74, 6) is 1.98. The van der Waals surface area contributed by atoms with Crippen molar-refractivity contribution in [3.63, 3.8) is 0 Å². The first-order valence-electron chi connectivity index (χ1n) is 5.64. The Kier molecular flexibility index (Phi) is 2.44. The summed E-state index contributed by atoms with van der Waals surface area (Å²) in [7, 11) is 0. The number of aromatic nitrogens is 4. The number of aryl methyl sites for hydroxylation is 2. The fraction of sp³-hybridized carbons (Fsp3) is 0.154. The van der Waals surface area contributed by atoms with Crippen molar-refractivity contribution >= 4 is 10.9 Å². The van der Waals surface area contributed by atoms with Crippen LogP contribution in [0, 0.1) is 13.8 Å². The number of rotatable bonds is 2. The Morgan fingerprint density at radius 1 is 1.11 bits per heavy atom. The van der Waals surface area contributed by atoms with E-state index in [9.17, 15) is 0 Å². The third-order valence-corrected chi connectivity index (χ3v) is 2.58. The maximum Gasteiger partial charge on any atom is 0.222 e. The fourth-order valence-corrected chi connectivity index (χ4v) is 1.84. The van der Waals surface area contributed by atoms with Crippen LogP contribution in [0.4, 0.5) is 0 Å². The number of nitrogens with one attached hydrogen (secondary N) is 1. The maximum atomic E-state index is 5.72. The molecule has 3 rings (SSSR count). The number of benzene rings is 1. The van der Waals surface area contributed by atoms with Crippen LogP contribution in [-0.2, 0) is 0 Å². The van der Waals surface area contributed by atoms with Crippen LogP contribution in [0.3, 0.4) is 0 Å². The normalized spacial score (nSPS) is 10.8. The van der Waals surface area contributed by atoms with Gasteiger partial charge in [0.2, 0.25) is 5.88 Å². The molecule has 90 valence electrons. The molecule has 0 radical (unpaired) electrons. The zero-order valence-electron chi connectivity index (χ0n) is 10.1. The zero-order valence-corrected chi connectivity index (χ0v) is 10.1. The van der Waals surface area contributed by atoms with Crippen molar-refractivity contribution in [1.29, 1.82) is 0 Å². The smallest absolute Gasteiger partial charge is 0.222 e. The number of aromatic amines is 1. The summed E-state index contributed by atoms with van der Waals surface area (Å²) in [6.45, 7) is 3.76. The predicted molar refractivity (Wildman–Crippen MR) is 67.7 cm³/mol. The third-order valence-electron chi connectivity index (χ3n) is 2.58. The van der Waals surface area contributed by atoms with Gasteiger partial charge in [0.1, 0.15) is 11.6 Å². The summed E-state index contributed by atoms with van der Waals surface area (Å²) in [6.07, 6.45) is 1.78. The minimum absolute atomic E-state index is 0.555. The van der Waals surface area contributed by atoms with E-state index in [1.807, 2.05) is 38.1 Å². The molecule has 0 aliphatic carbocycles. The van der Waals surface area contributed by atoms with E-state index in [0.29, 0.717) is 11.7 Å². The average molecular weight is 240 g/mol. The van der Waals surface area contributed by atoms with E-state index in [-0.39, 0.29) is 0 Å². The molecular weight excluding hydrogens is 228 g/mol. The van der Waals surface area contributed by atoms with E-state index in [1.54, 1.807) is 6.20 Å². The molecule has 0 aliphatic heterocycles. The van der Waals surface area contributed by atoms with Gasteiger partial charge < -0.3 is 4.74 Å². The van der Waals surface area contributed by atoms with Gasteiger partial charge in [0.25, 0.3) is 0 Å². The fourth-order valence-electron chi connectivity index (χ4n) is 1.84. The molecule has 5 nitrogen and oxygen atoms in total. The van der Waals surface area contributed by atoms with Gasteiger partial charge in [-0.3, -0.25) is 5.10 Å². The molecule has 0 unspecified atom stereocenters. The second kappa shape index (κ2) is 4.10. The molecule has 0 spiro atoms. The largest absolute Gasteiger partial charge is 0.439 e. The molecule has 0 bridgehead atoms. The highest BCUT2D eigenvalue weighted by Crippen LogP contribution is 2.23. The van der Waals surface area contributed by atoms with Crippen molar-refractivity contribution in [3.8, 4) is 11.6 Å². The molecule has 3 aromatic rings. The SMILES string of the molecule is Cc1cc(Oc2ccc3cn[nH]c3c2)nc(C)n1. The van der Waals surface area contributed by atoms with Crippen LogP contribution in [0.15, 0.2) is 30.5 Å². The Balaban J connectivity index is 1.95. The van der Waals surface area contributed by atoms with Crippen molar-refractivity contribution in [2.45, 2.75) is 13.8 Å². The van der Waals surface area contributed by atoms with E-state index in [0.717, 1.165) is 22.3 Å². The topological polar surface area (TPSA) is 63.7 Å². The Labute approximate surface area is 104 Å². The van der Waals surface area contributed by atoms with E-state index in [2.05, 4.69) is 20.2 Å². The standard InChI is InChI=1S/C13H12N4O/c1-8-5-13(16-9(2)15-8)18-11-4-3-10-7-14-17-12(10)6-11/h3-7H,1-2H3,(H,14,17). The zero-order chi connectivity index (χ0) is 12.5. The van der Waals surface area contributed by atoms with Gasteiger partial charge in [0.05, 0.1) is 11.7 Å². The molecule has 0 fully saturated rings. The summed E-state index contributed by atoms with van der Waals surface area (Å²) in [6, 6.07) is 7.55. The number of ether oxygens (including phenoxy) is 1. The van der Waals surface area contributed by atoms with E-state index in [4.69, 9.17) is 4.74 Å². The molecule has 0 saturated heterocycles. The lowest BCUT2D eigenvalue weighted by molar-refractivity contribution is 0.459. The summed E-state index contributed by atoms with van der Waals surface area (Å²) < 4.78 is 5.72. The van der Waals surface area contributed by atoms with E-state index < -0.39 is 0 Å². The van der Waals surface area contributed by atoms with Gasteiger partial charge in [-0.1, -0.05) is 0 Å². The minimum Gasteiger partial charge on any atom is -0.439 e. The lowest BCUT2D eigenvalue weighted by atomic mass is 10.2. The third kappa shape index (κ3) is 2.02. The number of hydrogen-bond donors (Lipinski definition) is 1. The lowest BCUT2D eigenvalue weighted by Gasteiger charge is -2.06. The Hall–Kier alpha value is -2.43. The van der Waals surface area contributed by atoms with E-state index in [1.165, 1.54) is 0 Å². The minimum atomic E-state index is 0.555. The molecule has 0 saturated carbocycles. The quantitative estimate of drug-likeness (QED) is 0.748. The highest BCUT2D eigenvalue weighted by atomic mass is 16.5. The van der Waals surface area contributed by atoms with Crippen LogP contribution < -0.4 is 4.74 Å². The summed E-state index contributed by atoms with van der Waals surface area (Å²) in [5, 5.41) is 7.93. The maximum absolute atomic E-state index is 5.72. The first-order chi connectivity index (χ1) is 8.70. The van der Waals surface area contributed by atoms with Gasteiger partial charge in [-0.2, -0.15) is 10.1 Å². The van der Waals surface area contributed by atoms with Gasteiger partial charge in [-0.15, -0.1) is 0 Å². The molecule has 1 N–H and O–H groups in total. The molecule has 0 amide bonds. The lowest BCUT2D eigenvalue weighted by Crippen LogP contribution is -1.94. The van der Waals surface area contributed by atoms with Gasteiger partial charge in [0.15, 0.2) is 0 Å². The number of hydrogen-bond acceptors (Lipinski definition) is 4. The highest BCUT2D eigenvalue weighted by molar-refractivity contribution is 5.79. The Morgan fingerprint density at radius 3 is 2.83 bits per heavy atom. The van der Waals surface area contributed by atoms with Crippen LogP contribution in [0.2, 0.25) is 0 Å². The van der Waals surface area contributed by atoms with Crippen molar-refractivity contribution in [1.82, 2.24) is 20.2 Å². The highest BCUT2D eigenvalue weighted by Gasteiger charge is 2.03. The molecule has 0 aliphatic rings. The number of nitrogens with zero attached hydrogens (tertiary/aromatic N) is 3. The molecule has 0 atom stereocenters. The summed E-state index contributed by atoms with van der Waals surface area (Å²) in [4.78, 5) is 8.45. The first kappa shape index (κ1) is 10.7. The first-order valence-corrected chi connectivity index (χ1v) is 5.64. The van der Waals surface area contributed by atoms with Crippen LogP contribution in [0.5, 0.6) is 11.6 Å². The van der Waals surface area contributed by atoms with Crippen molar-refractivity contribution in [3.05, 3.63) is 42.0 Å². The molecule has 5 heteroatoms. The van der Waals surface area contributed by atoms with Crippen LogP contribution in [0.1, 0.15) is 11.5 Å². The number of H-pyrrole nitrogens is 1. The average Bonchev–Trinajstić information content (AvgIpc) is 2.74. The summed E-state index contributed by atoms with van der Waals surface area (Å²) >= 11 is 0. The summed E-state index contributed by atoms with van der Waals surface area (Å²) in [5.41, 5.74) is 1.83. The molecule has 1 aromatic carbocycles. The Morgan fingerprint density at radius 2 is 2.00 bits per heavy atom. The molecular formula is C13H12N4O. The second-order valence-electron chi connectivity index (χ2n) is 4.12. The van der Waals surface area contributed by atoms with Crippen LogP contribution >= 0.6 is 0 Å². The van der Waals surface area contributed by atoms with Crippen molar-refractivity contribution in [2.24, 2.45) is 0 Å². The predicted octanol–water partition coefficient (Wildman–Crippen LogP) is 2.76. The van der Waals surface area contributed by atoms with Gasteiger partial charge in [-0.25, -0.2) is 4.98 Å². The van der Waals surface area contributed by atoms with Crippen LogP contribution in [-0.4, -0.2) is 20.2 Å². The molecule has 18 heavy (non-hydrogen) atoms. The number of fused-ring (bicyclic) bond motifs is 1. The van der Waals surface area contributed by atoms with E-state index >= 15 is 0 Å². The van der Waals surface area contributed by atoms with Gasteiger partial charge >= 0.3 is 0 Å². The molecule has 2 aromatic heterocycles. The van der Waals surface area contributed by atoms with Crippen molar-refractivity contribution in [2.75, 3.05) is 0 Å². The van der Waals surface area contributed by atoms with Crippen LogP contribution in [0.25, 0.3) is 10.9 Å². The van der Waals surface area contributed by atoms with Gasteiger partial charge in [-0.05, 0) is 26.0 Å². The van der Waals surface area contributed by atoms with Crippen molar-refractivity contribution < 1.29 is 4.74 Å². The molecule has 2 heterocycles. The second-order valence-corrected chi connectivity index (χ2v) is 4.12. The van der Waals surface area contributed by atoms with Gasteiger partial charge in [0, 0.05) is 23.2 Å².